The number of hydrogen-bond acceptors (Lipinski definition) is 6. The van der Waals surface area contributed by atoms with Gasteiger partial charge in [-0.3, -0.25) is 14.9 Å². The summed E-state index contributed by atoms with van der Waals surface area (Å²) in [5.41, 5.74) is 2.99. The average Bonchev–Trinajstić information content (AvgIpc) is 3.40. The molecular formula is C20H15N5O3S. The summed E-state index contributed by atoms with van der Waals surface area (Å²) in [5.74, 6) is -0.424. The number of nitrogens with one attached hydrogen (secondary N) is 1. The van der Waals surface area contributed by atoms with Crippen molar-refractivity contribution in [2.24, 2.45) is 0 Å². The van der Waals surface area contributed by atoms with Gasteiger partial charge in [0.15, 0.2) is 0 Å². The molecule has 0 bridgehead atoms. The van der Waals surface area contributed by atoms with Crippen LogP contribution in [0.2, 0.25) is 0 Å². The molecular weight excluding hydrogens is 390 g/mol. The number of aromatic nitrogens is 3. The maximum atomic E-state index is 12.6. The lowest BCUT2D eigenvalue weighted by atomic mass is 10.2. The third-order valence-corrected chi connectivity index (χ3v) is 5.16. The number of non-ortho nitro benzene ring substituents is 1. The highest BCUT2D eigenvalue weighted by Crippen LogP contribution is 2.26. The van der Waals surface area contributed by atoms with Crippen molar-refractivity contribution in [3.8, 4) is 16.3 Å². The molecule has 0 unspecified atom stereocenters. The van der Waals surface area contributed by atoms with Gasteiger partial charge in [-0.15, -0.1) is 11.3 Å². The van der Waals surface area contributed by atoms with Gasteiger partial charge in [-0.2, -0.15) is 5.10 Å². The zero-order valence-electron chi connectivity index (χ0n) is 15.3. The van der Waals surface area contributed by atoms with Crippen molar-refractivity contribution in [1.82, 2.24) is 14.8 Å². The number of nitro benzene ring substituents is 1. The van der Waals surface area contributed by atoms with E-state index in [9.17, 15) is 14.9 Å². The van der Waals surface area contributed by atoms with Crippen LogP contribution in [-0.4, -0.2) is 25.6 Å². The van der Waals surface area contributed by atoms with Crippen LogP contribution in [0.3, 0.4) is 0 Å². The number of nitro groups is 1. The molecule has 0 saturated carbocycles. The zero-order valence-corrected chi connectivity index (χ0v) is 16.1. The maximum absolute atomic E-state index is 12.6. The van der Waals surface area contributed by atoms with Gasteiger partial charge in [0.05, 0.1) is 22.5 Å². The van der Waals surface area contributed by atoms with Crippen molar-refractivity contribution in [2.75, 3.05) is 5.32 Å². The van der Waals surface area contributed by atoms with Gasteiger partial charge in [-0.1, -0.05) is 24.3 Å². The molecule has 0 saturated heterocycles. The lowest BCUT2D eigenvalue weighted by Crippen LogP contribution is -2.13. The van der Waals surface area contributed by atoms with E-state index in [1.165, 1.54) is 23.5 Å². The summed E-state index contributed by atoms with van der Waals surface area (Å²) in [5, 5.41) is 20.3. The second kappa shape index (κ2) is 7.64. The number of para-hydroxylation sites is 1. The highest BCUT2D eigenvalue weighted by Gasteiger charge is 2.16. The largest absolute Gasteiger partial charge is 0.320 e. The number of carbonyl (C=O) groups is 1. The first kappa shape index (κ1) is 18.5. The van der Waals surface area contributed by atoms with Crippen LogP contribution in [0.25, 0.3) is 16.3 Å². The second-order valence-electron chi connectivity index (χ2n) is 6.26. The minimum Gasteiger partial charge on any atom is -0.320 e. The Kier molecular flexibility index (Phi) is 4.88. The SMILES string of the molecule is Cc1ccc([N+](=O)[O-])cc1NC(=O)c1csc(-c2cnn(-c3ccccc3)c2)n1. The lowest BCUT2D eigenvalue weighted by molar-refractivity contribution is -0.384. The van der Waals surface area contributed by atoms with Gasteiger partial charge in [0.25, 0.3) is 11.6 Å². The molecule has 4 aromatic rings. The first-order valence-corrected chi connectivity index (χ1v) is 9.51. The third-order valence-electron chi connectivity index (χ3n) is 4.27. The predicted molar refractivity (Wildman–Crippen MR) is 110 cm³/mol. The van der Waals surface area contributed by atoms with E-state index in [-0.39, 0.29) is 11.4 Å². The summed E-state index contributed by atoms with van der Waals surface area (Å²) in [6.45, 7) is 1.77. The number of hydrogen-bond donors (Lipinski definition) is 1. The lowest BCUT2D eigenvalue weighted by Gasteiger charge is -2.06. The number of carbonyl (C=O) groups excluding carboxylic acids is 1. The molecule has 2 aromatic heterocycles. The van der Waals surface area contributed by atoms with Gasteiger partial charge < -0.3 is 5.32 Å². The van der Waals surface area contributed by atoms with Gasteiger partial charge >= 0.3 is 0 Å². The fourth-order valence-electron chi connectivity index (χ4n) is 2.71. The zero-order chi connectivity index (χ0) is 20.4. The number of thiazole rings is 1. The minimum absolute atomic E-state index is 0.0850. The van der Waals surface area contributed by atoms with Gasteiger partial charge in [-0.25, -0.2) is 9.67 Å². The Hall–Kier alpha value is -3.85. The Morgan fingerprint density at radius 2 is 2.00 bits per heavy atom. The van der Waals surface area contributed by atoms with E-state index in [1.54, 1.807) is 29.2 Å². The second-order valence-corrected chi connectivity index (χ2v) is 7.12. The third kappa shape index (κ3) is 3.90. The van der Waals surface area contributed by atoms with Gasteiger partial charge in [0, 0.05) is 29.3 Å². The quantitative estimate of drug-likeness (QED) is 0.390. The Morgan fingerprint density at radius 1 is 1.21 bits per heavy atom. The van der Waals surface area contributed by atoms with E-state index in [0.29, 0.717) is 10.7 Å². The van der Waals surface area contributed by atoms with E-state index in [1.807, 2.05) is 36.5 Å². The first-order chi connectivity index (χ1) is 14.0. The topological polar surface area (TPSA) is 103 Å². The Bertz CT molecular complexity index is 1200. The standard InChI is InChI=1S/C20H15N5O3S/c1-13-7-8-16(25(27)28)9-17(13)22-19(26)18-12-29-20(23-18)14-10-21-24(11-14)15-5-3-2-4-6-15/h2-12H,1H3,(H,22,26). The molecule has 0 atom stereocenters. The monoisotopic (exact) mass is 405 g/mol. The smallest absolute Gasteiger partial charge is 0.275 e. The summed E-state index contributed by atoms with van der Waals surface area (Å²) in [6, 6.07) is 14.0. The van der Waals surface area contributed by atoms with Crippen molar-refractivity contribution in [2.45, 2.75) is 6.92 Å². The van der Waals surface area contributed by atoms with E-state index in [0.717, 1.165) is 16.8 Å². The normalized spacial score (nSPS) is 10.7. The number of anilines is 1. The fraction of sp³-hybridized carbons (Fsp3) is 0.0500. The fourth-order valence-corrected chi connectivity index (χ4v) is 3.49. The molecule has 0 aliphatic heterocycles. The number of rotatable bonds is 5. The molecule has 0 radical (unpaired) electrons. The summed E-state index contributed by atoms with van der Waals surface area (Å²) >= 11 is 1.33. The summed E-state index contributed by atoms with van der Waals surface area (Å²) in [6.07, 6.45) is 3.54. The molecule has 9 heteroatoms. The number of aryl methyl sites for hydroxylation is 1. The van der Waals surface area contributed by atoms with E-state index < -0.39 is 10.8 Å². The Morgan fingerprint density at radius 3 is 2.76 bits per heavy atom. The molecule has 2 aromatic carbocycles. The molecule has 1 N–H and O–H groups in total. The van der Waals surface area contributed by atoms with Crippen LogP contribution < -0.4 is 5.32 Å². The molecule has 0 spiro atoms. The molecule has 4 rings (SSSR count). The highest BCUT2D eigenvalue weighted by atomic mass is 32.1. The molecule has 0 aliphatic carbocycles. The van der Waals surface area contributed by atoms with Crippen molar-refractivity contribution in [1.29, 1.82) is 0 Å². The van der Waals surface area contributed by atoms with E-state index in [4.69, 9.17) is 0 Å². The van der Waals surface area contributed by atoms with Crippen LogP contribution in [-0.2, 0) is 0 Å². The summed E-state index contributed by atoms with van der Waals surface area (Å²) in [7, 11) is 0. The summed E-state index contributed by atoms with van der Waals surface area (Å²) < 4.78 is 1.74. The average molecular weight is 405 g/mol. The van der Waals surface area contributed by atoms with Gasteiger partial charge in [0.1, 0.15) is 10.7 Å². The predicted octanol–water partition coefficient (Wildman–Crippen LogP) is 4.46. The van der Waals surface area contributed by atoms with Crippen LogP contribution >= 0.6 is 11.3 Å². The van der Waals surface area contributed by atoms with E-state index in [2.05, 4.69) is 15.4 Å². The van der Waals surface area contributed by atoms with Crippen LogP contribution in [0, 0.1) is 17.0 Å². The van der Waals surface area contributed by atoms with Crippen molar-refractivity contribution >= 4 is 28.6 Å². The number of nitrogens with zero attached hydrogens (tertiary/aromatic N) is 4. The summed E-state index contributed by atoms with van der Waals surface area (Å²) in [4.78, 5) is 27.4. The molecule has 0 aliphatic rings. The van der Waals surface area contributed by atoms with Crippen LogP contribution in [0.4, 0.5) is 11.4 Å². The Labute approximate surface area is 169 Å². The highest BCUT2D eigenvalue weighted by molar-refractivity contribution is 7.13. The van der Waals surface area contributed by atoms with Gasteiger partial charge in [0.2, 0.25) is 0 Å². The van der Waals surface area contributed by atoms with Crippen LogP contribution in [0.1, 0.15) is 16.1 Å². The molecule has 29 heavy (non-hydrogen) atoms. The van der Waals surface area contributed by atoms with E-state index >= 15 is 0 Å². The minimum atomic E-state index is -0.500. The maximum Gasteiger partial charge on any atom is 0.275 e. The van der Waals surface area contributed by atoms with Crippen molar-refractivity contribution in [3.05, 3.63) is 87.7 Å². The van der Waals surface area contributed by atoms with Crippen molar-refractivity contribution < 1.29 is 9.72 Å². The first-order valence-electron chi connectivity index (χ1n) is 8.63. The molecule has 1 amide bonds. The molecule has 0 fully saturated rings. The Balaban J connectivity index is 1.54. The molecule has 144 valence electrons. The van der Waals surface area contributed by atoms with Crippen molar-refractivity contribution in [3.63, 3.8) is 0 Å². The van der Waals surface area contributed by atoms with Crippen LogP contribution in [0.15, 0.2) is 66.3 Å². The molecule has 2 heterocycles. The van der Waals surface area contributed by atoms with Gasteiger partial charge in [-0.05, 0) is 24.6 Å². The number of benzene rings is 2. The molecule has 8 nitrogen and oxygen atoms in total. The number of amides is 1. The van der Waals surface area contributed by atoms with Crippen LogP contribution in [0.5, 0.6) is 0 Å².